The van der Waals surface area contributed by atoms with Crippen molar-refractivity contribution in [1.82, 2.24) is 0 Å². The number of isocyanates is 1. The summed E-state index contributed by atoms with van der Waals surface area (Å²) in [7, 11) is 0. The number of fused-ring (bicyclic) bond motifs is 1. The van der Waals surface area contributed by atoms with Crippen LogP contribution in [0.4, 0.5) is 8.78 Å². The fraction of sp³-hybridized carbons (Fsp3) is 0. The maximum atomic E-state index is 12.4. The molecule has 0 unspecified atom stereocenters. The van der Waals surface area contributed by atoms with Gasteiger partial charge in [-0.05, 0) is 12.1 Å². The monoisotopic (exact) mass is 183 g/mol. The van der Waals surface area contributed by atoms with Crippen molar-refractivity contribution in [3.63, 3.8) is 0 Å². The van der Waals surface area contributed by atoms with E-state index in [4.69, 9.17) is 10.2 Å². The van der Waals surface area contributed by atoms with Crippen LogP contribution in [0.25, 0.3) is 10.8 Å². The molecule has 2 aromatic rings. The van der Waals surface area contributed by atoms with Crippen LogP contribution in [-0.4, -0.2) is 6.08 Å². The molecule has 0 fully saturated rings. The summed E-state index contributed by atoms with van der Waals surface area (Å²) in [6.07, 6.45) is 0.750. The fourth-order valence-electron chi connectivity index (χ4n) is 0.910. The van der Waals surface area contributed by atoms with Gasteiger partial charge in [0.1, 0.15) is 0 Å². The Hall–Kier alpha value is -1.87. The second-order valence-corrected chi connectivity index (χ2v) is 2.22. The zero-order chi connectivity index (χ0) is 10.0. The number of hydrogen-bond donors (Lipinski definition) is 1. The molecule has 0 aliphatic heterocycles. The lowest BCUT2D eigenvalue weighted by molar-refractivity contribution is 0.518. The van der Waals surface area contributed by atoms with Crippen LogP contribution in [-0.2, 0) is 4.79 Å². The van der Waals surface area contributed by atoms with E-state index in [2.05, 4.69) is 0 Å². The van der Waals surface area contributed by atoms with Crippen molar-refractivity contribution in [1.29, 1.82) is 5.41 Å². The van der Waals surface area contributed by atoms with E-state index < -0.39 is 11.6 Å². The standard InChI is InChI=1S/C7H2F2O.CHNO/c8-4-2-1-3-5(6(4)9)7(3)10;2-1-3/h1-2H;2H. The predicted octanol–water partition coefficient (Wildman–Crippen LogP) is 1.25. The first-order chi connectivity index (χ1) is 6.13. The molecule has 0 aliphatic rings. The average molecular weight is 183 g/mol. The second-order valence-electron chi connectivity index (χ2n) is 2.22. The SMILES string of the molecule is N=C=O.O=c1c2ccc(F)c(F)c12. The molecule has 0 saturated carbocycles. The fourth-order valence-corrected chi connectivity index (χ4v) is 0.910. The maximum absolute atomic E-state index is 12.4. The van der Waals surface area contributed by atoms with Crippen molar-refractivity contribution in [2.45, 2.75) is 0 Å². The van der Waals surface area contributed by atoms with Crippen LogP contribution >= 0.6 is 0 Å². The van der Waals surface area contributed by atoms with E-state index in [0.717, 1.165) is 12.1 Å². The number of halogens is 2. The van der Waals surface area contributed by atoms with Crippen LogP contribution < -0.4 is 5.43 Å². The van der Waals surface area contributed by atoms with Gasteiger partial charge in [0.15, 0.2) is 17.1 Å². The van der Waals surface area contributed by atoms with Crippen molar-refractivity contribution < 1.29 is 13.6 Å². The number of carbonyl (C=O) groups excluding carboxylic acids is 1. The van der Waals surface area contributed by atoms with Gasteiger partial charge >= 0.3 is 0 Å². The van der Waals surface area contributed by atoms with Crippen LogP contribution in [0.1, 0.15) is 0 Å². The molecule has 66 valence electrons. The van der Waals surface area contributed by atoms with E-state index in [1.165, 1.54) is 6.07 Å². The Morgan fingerprint density at radius 1 is 1.31 bits per heavy atom. The van der Waals surface area contributed by atoms with Crippen molar-refractivity contribution in [3.05, 3.63) is 34.0 Å². The molecule has 0 bridgehead atoms. The van der Waals surface area contributed by atoms with Gasteiger partial charge in [-0.2, -0.15) is 0 Å². The molecule has 13 heavy (non-hydrogen) atoms. The highest BCUT2D eigenvalue weighted by atomic mass is 19.2. The van der Waals surface area contributed by atoms with Crippen LogP contribution in [0.5, 0.6) is 0 Å². The van der Waals surface area contributed by atoms with Gasteiger partial charge in [0.2, 0.25) is 6.08 Å². The Kier molecular flexibility index (Phi) is 2.30. The lowest BCUT2D eigenvalue weighted by Crippen LogP contribution is -1.78. The lowest BCUT2D eigenvalue weighted by Gasteiger charge is -1.83. The van der Waals surface area contributed by atoms with Gasteiger partial charge in [-0.3, -0.25) is 4.79 Å². The third-order valence-electron chi connectivity index (χ3n) is 1.50. The quantitative estimate of drug-likeness (QED) is 0.493. The molecule has 0 radical (unpaired) electrons. The summed E-state index contributed by atoms with van der Waals surface area (Å²) in [5.41, 5.74) is -0.374. The Morgan fingerprint density at radius 2 is 1.85 bits per heavy atom. The molecular weight excluding hydrogens is 180 g/mol. The minimum absolute atomic E-state index is 0.0833. The average Bonchev–Trinajstić information content (AvgIpc) is 2.72. The summed E-state index contributed by atoms with van der Waals surface area (Å²) >= 11 is 0. The summed E-state index contributed by atoms with van der Waals surface area (Å²) in [4.78, 5) is 18.9. The molecule has 0 atom stereocenters. The molecule has 0 saturated heterocycles. The normalized spacial score (nSPS) is 9.38. The smallest absolute Gasteiger partial charge is 0.231 e. The highest BCUT2D eigenvalue weighted by Crippen LogP contribution is 2.20. The molecule has 0 spiro atoms. The summed E-state index contributed by atoms with van der Waals surface area (Å²) < 4.78 is 24.7. The molecule has 2 aromatic carbocycles. The second kappa shape index (κ2) is 3.25. The van der Waals surface area contributed by atoms with Crippen LogP contribution in [0.15, 0.2) is 16.9 Å². The van der Waals surface area contributed by atoms with E-state index in [9.17, 15) is 13.6 Å². The highest BCUT2D eigenvalue weighted by Gasteiger charge is 2.19. The zero-order valence-corrected chi connectivity index (χ0v) is 6.23. The summed E-state index contributed by atoms with van der Waals surface area (Å²) in [5.74, 6) is -1.97. The van der Waals surface area contributed by atoms with Gasteiger partial charge in [-0.1, -0.05) is 0 Å². The zero-order valence-electron chi connectivity index (χ0n) is 6.23. The van der Waals surface area contributed by atoms with Gasteiger partial charge in [-0.25, -0.2) is 19.0 Å². The van der Waals surface area contributed by atoms with Gasteiger partial charge in [0.05, 0.1) is 5.39 Å². The van der Waals surface area contributed by atoms with Gasteiger partial charge < -0.3 is 0 Å². The molecule has 2 rings (SSSR count). The molecule has 1 N–H and O–H groups in total. The number of hydrogen-bond acceptors (Lipinski definition) is 3. The third-order valence-corrected chi connectivity index (χ3v) is 1.50. The minimum Gasteiger partial charge on any atom is -0.288 e. The van der Waals surface area contributed by atoms with E-state index in [1.807, 2.05) is 0 Å². The molecular formula is C8H3F2NO2. The van der Waals surface area contributed by atoms with E-state index in [1.54, 1.807) is 0 Å². The molecule has 0 aliphatic carbocycles. The van der Waals surface area contributed by atoms with Crippen molar-refractivity contribution in [2.24, 2.45) is 0 Å². The number of rotatable bonds is 0. The first-order valence-electron chi connectivity index (χ1n) is 3.20. The Morgan fingerprint density at radius 3 is 2.31 bits per heavy atom. The van der Waals surface area contributed by atoms with Crippen molar-refractivity contribution in [2.75, 3.05) is 0 Å². The van der Waals surface area contributed by atoms with E-state index >= 15 is 0 Å². The van der Waals surface area contributed by atoms with Crippen molar-refractivity contribution in [3.8, 4) is 0 Å². The third kappa shape index (κ3) is 1.50. The number of nitrogens with one attached hydrogen (secondary N) is 1. The van der Waals surface area contributed by atoms with Crippen LogP contribution in [0.3, 0.4) is 0 Å². The number of benzene rings is 1. The summed E-state index contributed by atoms with van der Waals surface area (Å²) in [5, 5.41) is 5.62. The van der Waals surface area contributed by atoms with E-state index in [-0.39, 0.29) is 10.8 Å². The molecule has 5 heteroatoms. The Bertz CT molecular complexity index is 491. The summed E-state index contributed by atoms with van der Waals surface area (Å²) in [6.45, 7) is 0. The van der Waals surface area contributed by atoms with Gasteiger partial charge in [0, 0.05) is 5.39 Å². The van der Waals surface area contributed by atoms with Gasteiger partial charge in [-0.15, -0.1) is 0 Å². The topological polar surface area (TPSA) is 58.0 Å². The Balaban J connectivity index is 0.000000251. The maximum Gasteiger partial charge on any atom is 0.231 e. The molecule has 0 aromatic heterocycles. The Labute approximate surface area is 70.8 Å². The van der Waals surface area contributed by atoms with Crippen molar-refractivity contribution >= 4 is 16.9 Å². The first kappa shape index (κ1) is 9.22. The predicted molar refractivity (Wildman–Crippen MR) is 40.9 cm³/mol. The highest BCUT2D eigenvalue weighted by molar-refractivity contribution is 5.97. The molecule has 0 heterocycles. The lowest BCUT2D eigenvalue weighted by atomic mass is 10.3. The van der Waals surface area contributed by atoms with Crippen LogP contribution in [0, 0.1) is 17.0 Å². The minimum atomic E-state index is -1.01. The van der Waals surface area contributed by atoms with Gasteiger partial charge in [0.25, 0.3) is 0 Å². The molecule has 0 amide bonds. The first-order valence-corrected chi connectivity index (χ1v) is 3.20. The molecule has 3 nitrogen and oxygen atoms in total. The largest absolute Gasteiger partial charge is 0.288 e. The summed E-state index contributed by atoms with van der Waals surface area (Å²) in [6, 6.07) is 2.25. The van der Waals surface area contributed by atoms with E-state index in [0.29, 0.717) is 5.39 Å². The van der Waals surface area contributed by atoms with Crippen LogP contribution in [0.2, 0.25) is 0 Å².